The van der Waals surface area contributed by atoms with Gasteiger partial charge in [-0.15, -0.1) is 0 Å². The summed E-state index contributed by atoms with van der Waals surface area (Å²) in [4.78, 5) is 4.52. The van der Waals surface area contributed by atoms with E-state index in [1.807, 2.05) is 24.3 Å². The number of rotatable bonds is 6. The number of hydrogen-bond donors (Lipinski definition) is 2. The monoisotopic (exact) mass is 360 g/mol. The molecule has 0 aliphatic rings. The maximum absolute atomic E-state index is 12.4. The zero-order valence-electron chi connectivity index (χ0n) is 14.7. The summed E-state index contributed by atoms with van der Waals surface area (Å²) < 4.78 is 26.0. The Labute approximate surface area is 149 Å². The zero-order valence-corrected chi connectivity index (χ0v) is 15.5. The number of aliphatic imine (C=N–C) groups is 1. The molecule has 0 atom stereocenters. The van der Waals surface area contributed by atoms with Gasteiger partial charge in [-0.1, -0.05) is 37.3 Å². The van der Waals surface area contributed by atoms with Gasteiger partial charge in [0.25, 0.3) is 0 Å². The predicted octanol–water partition coefficient (Wildman–Crippen LogP) is 2.43. The van der Waals surface area contributed by atoms with Gasteiger partial charge in [-0.3, -0.25) is 0 Å². The number of hydrogen-bond acceptors (Lipinski definition) is 3. The molecule has 0 aliphatic carbocycles. The van der Waals surface area contributed by atoms with Crippen LogP contribution >= 0.6 is 0 Å². The van der Waals surface area contributed by atoms with Crippen LogP contribution in [0.25, 0.3) is 0 Å². The van der Waals surface area contributed by atoms with E-state index in [1.54, 1.807) is 24.3 Å². The second kappa shape index (κ2) is 8.13. The molecule has 0 spiro atoms. The molecule has 7 heteroatoms. The summed E-state index contributed by atoms with van der Waals surface area (Å²) in [5.74, 6) is 0.241. The van der Waals surface area contributed by atoms with E-state index in [1.165, 1.54) is 24.0 Å². The summed E-state index contributed by atoms with van der Waals surface area (Å²) in [5, 5.41) is 3.04. The van der Waals surface area contributed by atoms with Crippen molar-refractivity contribution in [3.63, 3.8) is 0 Å². The lowest BCUT2D eigenvalue weighted by Gasteiger charge is -2.14. The van der Waals surface area contributed by atoms with Crippen LogP contribution in [0.1, 0.15) is 18.1 Å². The van der Waals surface area contributed by atoms with Crippen LogP contribution in [0, 0.1) is 0 Å². The summed E-state index contributed by atoms with van der Waals surface area (Å²) in [6, 6.07) is 14.7. The van der Waals surface area contributed by atoms with E-state index in [9.17, 15) is 8.42 Å². The fraction of sp³-hybridized carbons (Fsp3) is 0.278. The summed E-state index contributed by atoms with van der Waals surface area (Å²) >= 11 is 0. The number of nitrogens with two attached hydrogens (primary N) is 1. The molecule has 0 saturated carbocycles. The molecule has 0 fully saturated rings. The second-order valence-electron chi connectivity index (χ2n) is 5.78. The minimum atomic E-state index is -3.52. The molecule has 0 bridgehead atoms. The quantitative estimate of drug-likeness (QED) is 0.612. The number of guanidine groups is 1. The number of anilines is 1. The molecule has 3 N–H and O–H groups in total. The fourth-order valence-corrected chi connectivity index (χ4v) is 3.42. The van der Waals surface area contributed by atoms with Crippen molar-refractivity contribution in [3.8, 4) is 0 Å². The van der Waals surface area contributed by atoms with E-state index < -0.39 is 10.0 Å². The van der Waals surface area contributed by atoms with Gasteiger partial charge >= 0.3 is 0 Å². The summed E-state index contributed by atoms with van der Waals surface area (Å²) in [7, 11) is -0.509. The lowest BCUT2D eigenvalue weighted by Crippen LogP contribution is -2.24. The van der Waals surface area contributed by atoms with Crippen molar-refractivity contribution in [2.45, 2.75) is 24.8 Å². The van der Waals surface area contributed by atoms with Crippen LogP contribution < -0.4 is 11.1 Å². The summed E-state index contributed by atoms with van der Waals surface area (Å²) in [6.45, 7) is 2.26. The van der Waals surface area contributed by atoms with Gasteiger partial charge in [0.1, 0.15) is 0 Å². The first kappa shape index (κ1) is 19.0. The molecule has 0 heterocycles. The van der Waals surface area contributed by atoms with E-state index in [-0.39, 0.29) is 17.4 Å². The molecule has 0 radical (unpaired) electrons. The van der Waals surface area contributed by atoms with Crippen molar-refractivity contribution in [2.24, 2.45) is 10.7 Å². The molecule has 0 aromatic heterocycles. The van der Waals surface area contributed by atoms with E-state index in [4.69, 9.17) is 5.73 Å². The predicted molar refractivity (Wildman–Crippen MR) is 102 cm³/mol. The first-order valence-corrected chi connectivity index (χ1v) is 9.45. The molecular formula is C18H24N4O2S. The second-order valence-corrected chi connectivity index (χ2v) is 7.90. The van der Waals surface area contributed by atoms with Gasteiger partial charge in [-0.2, -0.15) is 0 Å². The Hall–Kier alpha value is -2.38. The van der Waals surface area contributed by atoms with Crippen molar-refractivity contribution >= 4 is 21.7 Å². The first-order chi connectivity index (χ1) is 11.8. The third-order valence-corrected chi connectivity index (χ3v) is 5.67. The van der Waals surface area contributed by atoms with Crippen molar-refractivity contribution in [2.75, 3.05) is 19.4 Å². The Bertz CT molecular complexity index is 861. The average molecular weight is 360 g/mol. The van der Waals surface area contributed by atoms with E-state index in [0.717, 1.165) is 12.1 Å². The van der Waals surface area contributed by atoms with Gasteiger partial charge in [0, 0.05) is 19.8 Å². The normalized spacial score (nSPS) is 12.4. The highest BCUT2D eigenvalue weighted by atomic mass is 32.2. The molecule has 6 nitrogen and oxygen atoms in total. The van der Waals surface area contributed by atoms with Crippen LogP contribution in [0.5, 0.6) is 0 Å². The molecule has 0 amide bonds. The van der Waals surface area contributed by atoms with Crippen LogP contribution in [-0.4, -0.2) is 32.8 Å². The highest BCUT2D eigenvalue weighted by Gasteiger charge is 2.20. The third kappa shape index (κ3) is 4.80. The molecule has 2 aromatic carbocycles. The smallest absolute Gasteiger partial charge is 0.242 e. The average Bonchev–Trinajstić information content (AvgIpc) is 2.60. The number of nitrogens with zero attached hydrogens (tertiary/aromatic N) is 2. The lowest BCUT2D eigenvalue weighted by molar-refractivity contribution is 0.519. The highest BCUT2D eigenvalue weighted by Crippen LogP contribution is 2.19. The molecule has 0 saturated heterocycles. The first-order valence-electron chi connectivity index (χ1n) is 8.01. The van der Waals surface area contributed by atoms with Crippen molar-refractivity contribution in [1.29, 1.82) is 0 Å². The fourth-order valence-electron chi connectivity index (χ4n) is 2.31. The lowest BCUT2D eigenvalue weighted by atomic mass is 10.1. The largest absolute Gasteiger partial charge is 0.370 e. The SMILES string of the molecule is CCc1cccc(NC(N)=NCc2ccccc2S(=O)(=O)N(C)C)c1. The zero-order chi connectivity index (χ0) is 18.4. The molecular weight excluding hydrogens is 336 g/mol. The van der Waals surface area contributed by atoms with Crippen LogP contribution in [0.2, 0.25) is 0 Å². The maximum Gasteiger partial charge on any atom is 0.242 e. The van der Waals surface area contributed by atoms with Crippen LogP contribution in [-0.2, 0) is 23.0 Å². The standard InChI is InChI=1S/C18H24N4O2S/c1-4-14-8-7-10-16(12-14)21-18(19)20-13-15-9-5-6-11-17(15)25(23,24)22(2)3/h5-12H,4,13H2,1-3H3,(H3,19,20,21). The Morgan fingerprint density at radius 1 is 1.16 bits per heavy atom. The topological polar surface area (TPSA) is 87.8 Å². The van der Waals surface area contributed by atoms with Gasteiger partial charge in [-0.05, 0) is 35.7 Å². The number of nitrogens with one attached hydrogen (secondary N) is 1. The third-order valence-electron chi connectivity index (χ3n) is 3.76. The molecule has 2 rings (SSSR count). The van der Waals surface area contributed by atoms with Crippen molar-refractivity contribution in [1.82, 2.24) is 4.31 Å². The Balaban J connectivity index is 2.19. The van der Waals surface area contributed by atoms with E-state index in [0.29, 0.717) is 5.56 Å². The number of sulfonamides is 1. The van der Waals surface area contributed by atoms with E-state index >= 15 is 0 Å². The van der Waals surface area contributed by atoms with Crippen LogP contribution in [0.15, 0.2) is 58.4 Å². The minimum absolute atomic E-state index is 0.176. The van der Waals surface area contributed by atoms with Crippen LogP contribution in [0.3, 0.4) is 0 Å². The summed E-state index contributed by atoms with van der Waals surface area (Å²) in [5.41, 5.74) is 8.59. The number of benzene rings is 2. The van der Waals surface area contributed by atoms with Gasteiger partial charge in [-0.25, -0.2) is 17.7 Å². The molecule has 2 aromatic rings. The van der Waals surface area contributed by atoms with Gasteiger partial charge in [0.15, 0.2) is 5.96 Å². The van der Waals surface area contributed by atoms with Crippen molar-refractivity contribution < 1.29 is 8.42 Å². The van der Waals surface area contributed by atoms with Crippen LogP contribution in [0.4, 0.5) is 5.69 Å². The van der Waals surface area contributed by atoms with Crippen molar-refractivity contribution in [3.05, 3.63) is 59.7 Å². The Morgan fingerprint density at radius 2 is 1.88 bits per heavy atom. The summed E-state index contributed by atoms with van der Waals surface area (Å²) in [6.07, 6.45) is 0.933. The van der Waals surface area contributed by atoms with Gasteiger partial charge in [0.2, 0.25) is 10.0 Å². The molecule has 0 aliphatic heterocycles. The van der Waals surface area contributed by atoms with Gasteiger partial charge in [0.05, 0.1) is 11.4 Å². The van der Waals surface area contributed by atoms with Gasteiger partial charge < -0.3 is 11.1 Å². The molecule has 0 unspecified atom stereocenters. The molecule has 25 heavy (non-hydrogen) atoms. The van der Waals surface area contributed by atoms with E-state index in [2.05, 4.69) is 17.2 Å². The number of aryl methyl sites for hydroxylation is 1. The molecule has 134 valence electrons. The Morgan fingerprint density at radius 3 is 2.56 bits per heavy atom. The maximum atomic E-state index is 12.4. The Kier molecular flexibility index (Phi) is 6.17. The highest BCUT2D eigenvalue weighted by molar-refractivity contribution is 7.89. The minimum Gasteiger partial charge on any atom is -0.370 e.